The molecule has 2 aromatic carbocycles. The Morgan fingerprint density at radius 2 is 1.61 bits per heavy atom. The Bertz CT molecular complexity index is 526. The summed E-state index contributed by atoms with van der Waals surface area (Å²) >= 11 is 5.91. The second-order valence-corrected chi connectivity index (χ2v) is 6.44. The van der Waals surface area contributed by atoms with Crippen LogP contribution in [-0.4, -0.2) is 0 Å². The van der Waals surface area contributed by atoms with E-state index in [2.05, 4.69) is 94.1 Å². The molecule has 0 amide bonds. The Morgan fingerprint density at radius 3 is 2.17 bits per heavy atom. The minimum atomic E-state index is 0.859. The highest BCUT2D eigenvalue weighted by Gasteiger charge is 2.02. The van der Waals surface area contributed by atoms with Crippen molar-refractivity contribution in [2.24, 2.45) is 0 Å². The van der Waals surface area contributed by atoms with Crippen LogP contribution in [-0.2, 0) is 6.54 Å². The molecule has 1 nitrogen and oxygen atoms in total. The van der Waals surface area contributed by atoms with Crippen LogP contribution in [0.5, 0.6) is 0 Å². The smallest absolute Gasteiger partial charge is 0.0400 e. The van der Waals surface area contributed by atoms with E-state index in [9.17, 15) is 0 Å². The zero-order valence-electron chi connectivity index (χ0n) is 10.4. The van der Waals surface area contributed by atoms with E-state index in [1.807, 2.05) is 0 Å². The van der Waals surface area contributed by atoms with Crippen molar-refractivity contribution in [3.63, 3.8) is 0 Å². The summed E-state index contributed by atoms with van der Waals surface area (Å²) in [6.45, 7) is 5.09. The molecule has 0 spiro atoms. The number of hydrogen-bond acceptors (Lipinski definition) is 1. The van der Waals surface area contributed by atoms with Gasteiger partial charge in [-0.3, -0.25) is 0 Å². The van der Waals surface area contributed by atoms with Crippen LogP contribution in [0.3, 0.4) is 0 Å². The lowest BCUT2D eigenvalue weighted by molar-refractivity contribution is 1.14. The molecule has 0 fully saturated rings. The molecule has 3 heteroatoms. The Hall–Kier alpha value is -0.550. The number of benzene rings is 2. The average molecular weight is 416 g/mol. The first-order chi connectivity index (χ1) is 8.56. The molecular formula is C15H15BrIN. The van der Waals surface area contributed by atoms with Crippen molar-refractivity contribution in [2.75, 3.05) is 5.32 Å². The maximum absolute atomic E-state index is 3.59. The lowest BCUT2D eigenvalue weighted by Gasteiger charge is -2.10. The Balaban J connectivity index is 2.08. The Labute approximate surface area is 130 Å². The molecule has 2 aromatic rings. The summed E-state index contributed by atoms with van der Waals surface area (Å²) in [7, 11) is 0. The van der Waals surface area contributed by atoms with E-state index in [1.54, 1.807) is 0 Å². The van der Waals surface area contributed by atoms with Gasteiger partial charge in [-0.05, 0) is 77.4 Å². The molecule has 0 unspecified atom stereocenters. The van der Waals surface area contributed by atoms with Crippen molar-refractivity contribution in [1.82, 2.24) is 0 Å². The molecule has 0 radical (unpaired) electrons. The summed E-state index contributed by atoms with van der Waals surface area (Å²) in [5, 5.41) is 3.47. The number of rotatable bonds is 3. The molecule has 0 aliphatic carbocycles. The first-order valence-corrected chi connectivity index (χ1v) is 7.68. The minimum absolute atomic E-state index is 0.859. The summed E-state index contributed by atoms with van der Waals surface area (Å²) in [5.74, 6) is 0. The average Bonchev–Trinajstić information content (AvgIpc) is 2.35. The standard InChI is InChI=1S/C15H15BrIN/c1-10-7-14(8-11(2)15(10)16)18-9-12-3-5-13(17)6-4-12/h3-8,18H,9H2,1-2H3. The van der Waals surface area contributed by atoms with Gasteiger partial charge in [0, 0.05) is 20.3 Å². The van der Waals surface area contributed by atoms with Gasteiger partial charge in [0.25, 0.3) is 0 Å². The van der Waals surface area contributed by atoms with Crippen molar-refractivity contribution >= 4 is 44.2 Å². The second-order valence-electron chi connectivity index (χ2n) is 4.40. The predicted molar refractivity (Wildman–Crippen MR) is 90.1 cm³/mol. The molecular weight excluding hydrogens is 401 g/mol. The maximum atomic E-state index is 3.59. The summed E-state index contributed by atoms with van der Waals surface area (Å²) in [4.78, 5) is 0. The molecule has 18 heavy (non-hydrogen) atoms. The Kier molecular flexibility index (Phi) is 4.67. The summed E-state index contributed by atoms with van der Waals surface area (Å²) < 4.78 is 2.47. The molecule has 1 N–H and O–H groups in total. The van der Waals surface area contributed by atoms with Crippen LogP contribution < -0.4 is 5.32 Å². The van der Waals surface area contributed by atoms with E-state index in [0.717, 1.165) is 6.54 Å². The van der Waals surface area contributed by atoms with Gasteiger partial charge in [0.05, 0.1) is 0 Å². The topological polar surface area (TPSA) is 12.0 Å². The maximum Gasteiger partial charge on any atom is 0.0400 e. The van der Waals surface area contributed by atoms with Crippen molar-refractivity contribution < 1.29 is 0 Å². The highest BCUT2D eigenvalue weighted by Crippen LogP contribution is 2.25. The molecule has 0 aliphatic rings. The fourth-order valence-corrected chi connectivity index (χ4v) is 2.44. The third-order valence-corrected chi connectivity index (χ3v) is 4.82. The fourth-order valence-electron chi connectivity index (χ4n) is 1.85. The van der Waals surface area contributed by atoms with Crippen molar-refractivity contribution in [1.29, 1.82) is 0 Å². The van der Waals surface area contributed by atoms with Crippen LogP contribution >= 0.6 is 38.5 Å². The quantitative estimate of drug-likeness (QED) is 0.672. The summed E-state index contributed by atoms with van der Waals surface area (Å²) in [5.41, 5.74) is 5.00. The van der Waals surface area contributed by atoms with E-state index in [4.69, 9.17) is 0 Å². The van der Waals surface area contributed by atoms with Gasteiger partial charge >= 0.3 is 0 Å². The zero-order valence-corrected chi connectivity index (χ0v) is 14.2. The number of hydrogen-bond donors (Lipinski definition) is 1. The van der Waals surface area contributed by atoms with Crippen LogP contribution in [0.15, 0.2) is 40.9 Å². The monoisotopic (exact) mass is 415 g/mol. The summed E-state index contributed by atoms with van der Waals surface area (Å²) in [6.07, 6.45) is 0. The number of nitrogens with one attached hydrogen (secondary N) is 1. The van der Waals surface area contributed by atoms with Gasteiger partial charge < -0.3 is 5.32 Å². The lowest BCUT2D eigenvalue weighted by atomic mass is 10.1. The molecule has 0 bridgehead atoms. The van der Waals surface area contributed by atoms with Crippen molar-refractivity contribution in [3.8, 4) is 0 Å². The third kappa shape index (κ3) is 3.48. The van der Waals surface area contributed by atoms with Crippen LogP contribution in [0.1, 0.15) is 16.7 Å². The third-order valence-electron chi connectivity index (χ3n) is 2.85. The predicted octanol–water partition coefficient (Wildman–Crippen LogP) is 5.28. The SMILES string of the molecule is Cc1cc(NCc2ccc(I)cc2)cc(C)c1Br. The largest absolute Gasteiger partial charge is 0.381 e. The normalized spacial score (nSPS) is 10.4. The van der Waals surface area contributed by atoms with E-state index in [0.29, 0.717) is 0 Å². The molecule has 94 valence electrons. The van der Waals surface area contributed by atoms with Gasteiger partial charge in [-0.2, -0.15) is 0 Å². The van der Waals surface area contributed by atoms with Crippen molar-refractivity contribution in [3.05, 3.63) is 61.1 Å². The van der Waals surface area contributed by atoms with E-state index in [1.165, 1.54) is 30.4 Å². The molecule has 0 heterocycles. The highest BCUT2D eigenvalue weighted by atomic mass is 127. The first kappa shape index (κ1) is 13.9. The van der Waals surface area contributed by atoms with E-state index < -0.39 is 0 Å². The fraction of sp³-hybridized carbons (Fsp3) is 0.200. The van der Waals surface area contributed by atoms with Gasteiger partial charge in [0.2, 0.25) is 0 Å². The summed E-state index contributed by atoms with van der Waals surface area (Å²) in [6, 6.07) is 12.9. The van der Waals surface area contributed by atoms with Gasteiger partial charge in [0.15, 0.2) is 0 Å². The lowest BCUT2D eigenvalue weighted by Crippen LogP contribution is -2.00. The number of anilines is 1. The van der Waals surface area contributed by atoms with E-state index in [-0.39, 0.29) is 0 Å². The van der Waals surface area contributed by atoms with Gasteiger partial charge in [-0.15, -0.1) is 0 Å². The molecule has 0 aromatic heterocycles. The van der Waals surface area contributed by atoms with Gasteiger partial charge in [-0.1, -0.05) is 28.1 Å². The molecule has 0 saturated carbocycles. The zero-order chi connectivity index (χ0) is 13.1. The number of aryl methyl sites for hydroxylation is 2. The highest BCUT2D eigenvalue weighted by molar-refractivity contribution is 14.1. The molecule has 2 rings (SSSR count). The second kappa shape index (κ2) is 6.06. The first-order valence-electron chi connectivity index (χ1n) is 5.81. The van der Waals surface area contributed by atoms with Crippen molar-refractivity contribution in [2.45, 2.75) is 20.4 Å². The van der Waals surface area contributed by atoms with Gasteiger partial charge in [-0.25, -0.2) is 0 Å². The molecule has 0 aliphatic heterocycles. The number of halogens is 2. The van der Waals surface area contributed by atoms with Gasteiger partial charge in [0.1, 0.15) is 0 Å². The van der Waals surface area contributed by atoms with Crippen LogP contribution in [0.2, 0.25) is 0 Å². The van der Waals surface area contributed by atoms with Crippen LogP contribution in [0, 0.1) is 17.4 Å². The molecule has 0 atom stereocenters. The minimum Gasteiger partial charge on any atom is -0.381 e. The van der Waals surface area contributed by atoms with Crippen LogP contribution in [0.4, 0.5) is 5.69 Å². The Morgan fingerprint density at radius 1 is 1.06 bits per heavy atom. The molecule has 0 saturated heterocycles. The van der Waals surface area contributed by atoms with Crippen LogP contribution in [0.25, 0.3) is 0 Å². The van der Waals surface area contributed by atoms with E-state index >= 15 is 0 Å².